The van der Waals surface area contributed by atoms with Gasteiger partial charge in [-0.05, 0) is 77.8 Å². The van der Waals surface area contributed by atoms with E-state index < -0.39 is 0 Å². The molecule has 3 rings (SSSR count). The highest BCUT2D eigenvalue weighted by Crippen LogP contribution is 2.28. The van der Waals surface area contributed by atoms with Crippen LogP contribution in [0.3, 0.4) is 0 Å². The van der Waals surface area contributed by atoms with Gasteiger partial charge in [-0.3, -0.25) is 0 Å². The van der Waals surface area contributed by atoms with Crippen LogP contribution in [0.2, 0.25) is 0 Å². The molecule has 3 aromatic carbocycles. The predicted molar refractivity (Wildman–Crippen MR) is 134 cm³/mol. The van der Waals surface area contributed by atoms with Gasteiger partial charge < -0.3 is 0 Å². The van der Waals surface area contributed by atoms with Crippen LogP contribution in [0.1, 0.15) is 67.9 Å². The highest BCUT2D eigenvalue weighted by molar-refractivity contribution is 6.32. The summed E-state index contributed by atoms with van der Waals surface area (Å²) in [6, 6.07) is 22.3. The molecule has 0 N–H and O–H groups in total. The number of hydrogen-bond acceptors (Lipinski definition) is 0. The first-order valence-electron chi connectivity index (χ1n) is 11.5. The molecule has 152 valence electrons. The number of unbranched alkanes of at least 4 members (excludes halogenated alkanes) is 2. The second kappa shape index (κ2) is 10.9. The van der Waals surface area contributed by atoms with Gasteiger partial charge in [0.05, 0.1) is 0 Å². The fourth-order valence-corrected chi connectivity index (χ4v) is 3.98. The molecular weight excluding hydrogens is 359 g/mol. The number of hydrogen-bond donors (Lipinski definition) is 0. The molecular formula is C29H33B. The van der Waals surface area contributed by atoms with Gasteiger partial charge >= 0.3 is 0 Å². The van der Waals surface area contributed by atoms with E-state index in [1.165, 1.54) is 59.0 Å². The molecule has 0 atom stereocenters. The molecule has 0 aliphatic carbocycles. The summed E-state index contributed by atoms with van der Waals surface area (Å²) in [4.78, 5) is 0. The fourth-order valence-electron chi connectivity index (χ4n) is 3.98. The van der Waals surface area contributed by atoms with E-state index in [0.29, 0.717) is 0 Å². The molecule has 1 heteroatoms. The number of aryl methyl sites for hydroxylation is 3. The van der Waals surface area contributed by atoms with Crippen LogP contribution in [0.15, 0.2) is 60.7 Å². The van der Waals surface area contributed by atoms with Crippen LogP contribution in [-0.2, 0) is 19.3 Å². The lowest BCUT2D eigenvalue weighted by atomic mass is 9.87. The zero-order chi connectivity index (χ0) is 21.3. The molecule has 30 heavy (non-hydrogen) atoms. The van der Waals surface area contributed by atoms with Crippen molar-refractivity contribution < 1.29 is 0 Å². The quantitative estimate of drug-likeness (QED) is 0.268. The first-order valence-corrected chi connectivity index (χ1v) is 11.5. The lowest BCUT2D eigenvalue weighted by molar-refractivity contribution is 0.717. The van der Waals surface area contributed by atoms with Crippen molar-refractivity contribution in [1.29, 1.82) is 0 Å². The zero-order valence-corrected chi connectivity index (χ0v) is 19.0. The Labute approximate surface area is 184 Å². The molecule has 0 spiro atoms. The van der Waals surface area contributed by atoms with E-state index >= 15 is 0 Å². The standard InChI is InChI=1S/C29H33B/c1-4-7-8-9-22-10-12-23(13-11-22)14-15-24-16-18-28(25(5-2)20-24)29-19-17-27(30)21-26(29)6-3/h10-13,16-21H,4-9,30H2,1-3H3. The Kier molecular flexibility index (Phi) is 7.98. The van der Waals surface area contributed by atoms with E-state index in [0.717, 1.165) is 24.0 Å². The average Bonchev–Trinajstić information content (AvgIpc) is 2.78. The van der Waals surface area contributed by atoms with E-state index in [-0.39, 0.29) is 0 Å². The molecule has 0 amide bonds. The van der Waals surface area contributed by atoms with E-state index in [9.17, 15) is 0 Å². The summed E-state index contributed by atoms with van der Waals surface area (Å²) in [6.07, 6.45) is 7.08. The summed E-state index contributed by atoms with van der Waals surface area (Å²) in [5.41, 5.74) is 10.4. The summed E-state index contributed by atoms with van der Waals surface area (Å²) in [5.74, 6) is 6.72. The van der Waals surface area contributed by atoms with Gasteiger partial charge in [0.15, 0.2) is 0 Å². The van der Waals surface area contributed by atoms with Gasteiger partial charge in [-0.2, -0.15) is 0 Å². The Bertz CT molecular complexity index is 1030. The van der Waals surface area contributed by atoms with Gasteiger partial charge in [0, 0.05) is 11.1 Å². The SMILES string of the molecule is Bc1ccc(-c2ccc(C#Cc3ccc(CCCCC)cc3)cc2CC)c(CC)c1. The topological polar surface area (TPSA) is 0 Å². The van der Waals surface area contributed by atoms with Crippen LogP contribution in [0.4, 0.5) is 0 Å². The maximum absolute atomic E-state index is 3.37. The molecule has 0 aliphatic rings. The molecule has 0 bridgehead atoms. The Morgan fingerprint density at radius 3 is 1.93 bits per heavy atom. The van der Waals surface area contributed by atoms with Crippen LogP contribution < -0.4 is 5.46 Å². The Hall–Kier alpha value is -2.72. The van der Waals surface area contributed by atoms with E-state index in [4.69, 9.17) is 0 Å². The minimum absolute atomic E-state index is 1.01. The Balaban J connectivity index is 1.81. The highest BCUT2D eigenvalue weighted by atomic mass is 14.1. The normalized spacial score (nSPS) is 10.5. The van der Waals surface area contributed by atoms with Crippen molar-refractivity contribution in [2.75, 3.05) is 0 Å². The summed E-state index contributed by atoms with van der Waals surface area (Å²) >= 11 is 0. The van der Waals surface area contributed by atoms with Gasteiger partial charge in [-0.1, -0.05) is 87.3 Å². The maximum atomic E-state index is 3.37. The summed E-state index contributed by atoms with van der Waals surface area (Å²) in [7, 11) is 2.17. The van der Waals surface area contributed by atoms with Crippen molar-refractivity contribution in [3.8, 4) is 23.0 Å². The molecule has 0 unspecified atom stereocenters. The zero-order valence-electron chi connectivity index (χ0n) is 19.0. The van der Waals surface area contributed by atoms with Crippen LogP contribution in [0, 0.1) is 11.8 Å². The molecule has 0 saturated heterocycles. The van der Waals surface area contributed by atoms with E-state index in [1.54, 1.807) is 0 Å². The van der Waals surface area contributed by atoms with Gasteiger partial charge in [0.1, 0.15) is 7.85 Å². The van der Waals surface area contributed by atoms with Crippen molar-refractivity contribution in [1.82, 2.24) is 0 Å². The van der Waals surface area contributed by atoms with Crippen molar-refractivity contribution in [2.24, 2.45) is 0 Å². The third kappa shape index (κ3) is 5.67. The fraction of sp³-hybridized carbons (Fsp3) is 0.310. The van der Waals surface area contributed by atoms with Crippen molar-refractivity contribution in [3.05, 3.63) is 88.5 Å². The minimum atomic E-state index is 1.01. The summed E-state index contributed by atoms with van der Waals surface area (Å²) in [5, 5.41) is 0. The Morgan fingerprint density at radius 2 is 1.27 bits per heavy atom. The second-order valence-electron chi connectivity index (χ2n) is 8.14. The molecule has 0 radical (unpaired) electrons. The van der Waals surface area contributed by atoms with Crippen molar-refractivity contribution in [3.63, 3.8) is 0 Å². The molecule has 0 aliphatic heterocycles. The second-order valence-corrected chi connectivity index (χ2v) is 8.14. The van der Waals surface area contributed by atoms with Gasteiger partial charge in [0.25, 0.3) is 0 Å². The first kappa shape index (κ1) is 22.0. The monoisotopic (exact) mass is 392 g/mol. The van der Waals surface area contributed by atoms with Crippen LogP contribution >= 0.6 is 0 Å². The third-order valence-electron chi connectivity index (χ3n) is 5.79. The molecule has 0 nitrogen and oxygen atoms in total. The lowest BCUT2D eigenvalue weighted by Crippen LogP contribution is -2.04. The summed E-state index contributed by atoms with van der Waals surface area (Å²) < 4.78 is 0. The summed E-state index contributed by atoms with van der Waals surface area (Å²) in [6.45, 7) is 6.71. The molecule has 0 heterocycles. The third-order valence-corrected chi connectivity index (χ3v) is 5.79. The first-order chi connectivity index (χ1) is 14.6. The van der Waals surface area contributed by atoms with E-state index in [1.807, 2.05) is 0 Å². The van der Waals surface area contributed by atoms with E-state index in [2.05, 4.69) is 101 Å². The van der Waals surface area contributed by atoms with Crippen molar-refractivity contribution in [2.45, 2.75) is 59.3 Å². The lowest BCUT2D eigenvalue weighted by Gasteiger charge is -2.14. The van der Waals surface area contributed by atoms with Crippen LogP contribution in [0.25, 0.3) is 11.1 Å². The highest BCUT2D eigenvalue weighted by Gasteiger charge is 2.09. The minimum Gasteiger partial charge on any atom is -0.0887 e. The molecule has 3 aromatic rings. The molecule has 0 saturated carbocycles. The number of rotatable bonds is 7. The van der Waals surface area contributed by atoms with Gasteiger partial charge in [-0.25, -0.2) is 0 Å². The smallest absolute Gasteiger partial charge is 0.0887 e. The van der Waals surface area contributed by atoms with Gasteiger partial charge in [0.2, 0.25) is 0 Å². The number of benzene rings is 3. The van der Waals surface area contributed by atoms with Crippen LogP contribution in [-0.4, -0.2) is 7.85 Å². The van der Waals surface area contributed by atoms with Crippen LogP contribution in [0.5, 0.6) is 0 Å². The maximum Gasteiger partial charge on any atom is 0.139 e. The largest absolute Gasteiger partial charge is 0.139 e. The van der Waals surface area contributed by atoms with Crippen molar-refractivity contribution >= 4 is 13.3 Å². The molecule has 0 fully saturated rings. The van der Waals surface area contributed by atoms with Gasteiger partial charge in [-0.15, -0.1) is 0 Å². The predicted octanol–water partition coefficient (Wildman–Crippen LogP) is 5.87. The molecule has 0 aromatic heterocycles. The average molecular weight is 392 g/mol. The Morgan fingerprint density at radius 1 is 0.667 bits per heavy atom.